The van der Waals surface area contributed by atoms with E-state index in [2.05, 4.69) is 6.58 Å². The number of carbonyl (C=O) groups is 1. The van der Waals surface area contributed by atoms with Gasteiger partial charge in [0.25, 0.3) is 0 Å². The van der Waals surface area contributed by atoms with Crippen molar-refractivity contribution >= 4 is 11.7 Å². The van der Waals surface area contributed by atoms with Gasteiger partial charge in [0, 0.05) is 17.7 Å². The van der Waals surface area contributed by atoms with E-state index >= 15 is 0 Å². The standard InChI is InChI=1S/C18H16FNO6/c1-4-5-11-8-12(9-16(24-2)17(11)25-3)18(21)26-15-10-13(19)6-7-14(15)20(22)23/h4,6-10H,1,5H2,2-3H3. The molecule has 0 unspecified atom stereocenters. The van der Waals surface area contributed by atoms with Gasteiger partial charge in [0.15, 0.2) is 11.5 Å². The third-order valence-electron chi connectivity index (χ3n) is 3.48. The zero-order chi connectivity index (χ0) is 19.3. The van der Waals surface area contributed by atoms with Crippen LogP contribution in [-0.4, -0.2) is 25.1 Å². The first-order chi connectivity index (χ1) is 12.4. The number of methoxy groups -OCH3 is 2. The fourth-order valence-corrected chi connectivity index (χ4v) is 2.35. The Hall–Kier alpha value is -3.42. The van der Waals surface area contributed by atoms with Crippen molar-refractivity contribution in [1.29, 1.82) is 0 Å². The molecule has 0 aromatic heterocycles. The molecular formula is C18H16FNO6. The van der Waals surface area contributed by atoms with Gasteiger partial charge in [-0.05, 0) is 24.6 Å². The molecule has 0 heterocycles. The number of benzene rings is 2. The van der Waals surface area contributed by atoms with E-state index in [0.717, 1.165) is 18.2 Å². The van der Waals surface area contributed by atoms with Crippen LogP contribution < -0.4 is 14.2 Å². The summed E-state index contributed by atoms with van der Waals surface area (Å²) in [5.74, 6) is -1.43. The normalized spacial score (nSPS) is 10.1. The van der Waals surface area contributed by atoms with Gasteiger partial charge in [0.05, 0.1) is 24.7 Å². The second-order valence-corrected chi connectivity index (χ2v) is 5.12. The lowest BCUT2D eigenvalue weighted by Gasteiger charge is -2.14. The first-order valence-corrected chi connectivity index (χ1v) is 7.43. The van der Waals surface area contributed by atoms with Crippen LogP contribution in [0.1, 0.15) is 15.9 Å². The van der Waals surface area contributed by atoms with Gasteiger partial charge in [0.2, 0.25) is 5.75 Å². The molecule has 7 nitrogen and oxygen atoms in total. The lowest BCUT2D eigenvalue weighted by Crippen LogP contribution is -2.11. The molecule has 2 aromatic rings. The number of allylic oxidation sites excluding steroid dienone is 1. The molecular weight excluding hydrogens is 345 g/mol. The lowest BCUT2D eigenvalue weighted by atomic mass is 10.1. The molecule has 0 N–H and O–H groups in total. The molecule has 0 atom stereocenters. The highest BCUT2D eigenvalue weighted by Gasteiger charge is 2.22. The summed E-state index contributed by atoms with van der Waals surface area (Å²) in [6, 6.07) is 5.49. The first-order valence-electron chi connectivity index (χ1n) is 7.43. The van der Waals surface area contributed by atoms with Gasteiger partial charge >= 0.3 is 11.7 Å². The number of ether oxygens (including phenoxy) is 3. The van der Waals surface area contributed by atoms with Gasteiger partial charge < -0.3 is 14.2 Å². The third kappa shape index (κ3) is 3.97. The average molecular weight is 361 g/mol. The Labute approximate surface area is 148 Å². The van der Waals surface area contributed by atoms with Crippen molar-refractivity contribution in [2.24, 2.45) is 0 Å². The monoisotopic (exact) mass is 361 g/mol. The van der Waals surface area contributed by atoms with Crippen molar-refractivity contribution in [2.75, 3.05) is 14.2 Å². The molecule has 2 aromatic carbocycles. The van der Waals surface area contributed by atoms with Crippen LogP contribution in [0.25, 0.3) is 0 Å². The maximum absolute atomic E-state index is 13.4. The van der Waals surface area contributed by atoms with E-state index in [0.29, 0.717) is 17.7 Å². The smallest absolute Gasteiger partial charge is 0.343 e. The third-order valence-corrected chi connectivity index (χ3v) is 3.48. The van der Waals surface area contributed by atoms with Gasteiger partial charge in [-0.15, -0.1) is 6.58 Å². The Morgan fingerprint density at radius 2 is 1.96 bits per heavy atom. The molecule has 0 fully saturated rings. The number of nitro groups is 1. The summed E-state index contributed by atoms with van der Waals surface area (Å²) in [7, 11) is 2.86. The van der Waals surface area contributed by atoms with Crippen LogP contribution in [0.5, 0.6) is 17.2 Å². The molecule has 0 saturated carbocycles. The van der Waals surface area contributed by atoms with E-state index in [-0.39, 0.29) is 11.3 Å². The quantitative estimate of drug-likeness (QED) is 0.246. The Balaban J connectivity index is 2.44. The summed E-state index contributed by atoms with van der Waals surface area (Å²) in [4.78, 5) is 22.7. The minimum absolute atomic E-state index is 0.0676. The van der Waals surface area contributed by atoms with Crippen molar-refractivity contribution in [1.82, 2.24) is 0 Å². The van der Waals surface area contributed by atoms with Crippen LogP contribution in [0, 0.1) is 15.9 Å². The van der Waals surface area contributed by atoms with Gasteiger partial charge in [0.1, 0.15) is 5.82 Å². The van der Waals surface area contributed by atoms with Gasteiger partial charge in [-0.2, -0.15) is 0 Å². The molecule has 8 heteroatoms. The van der Waals surface area contributed by atoms with Crippen LogP contribution >= 0.6 is 0 Å². The molecule has 0 spiro atoms. The zero-order valence-corrected chi connectivity index (χ0v) is 14.2. The molecule has 0 aliphatic carbocycles. The fourth-order valence-electron chi connectivity index (χ4n) is 2.35. The van der Waals surface area contributed by atoms with Crippen molar-refractivity contribution in [3.8, 4) is 17.2 Å². The highest BCUT2D eigenvalue weighted by atomic mass is 19.1. The van der Waals surface area contributed by atoms with Crippen molar-refractivity contribution < 1.29 is 28.3 Å². The Kier molecular flexibility index (Phi) is 5.90. The zero-order valence-electron chi connectivity index (χ0n) is 14.2. The number of esters is 1. The van der Waals surface area contributed by atoms with Gasteiger partial charge in [-0.25, -0.2) is 9.18 Å². The van der Waals surface area contributed by atoms with Crippen LogP contribution in [0.2, 0.25) is 0 Å². The second kappa shape index (κ2) is 8.11. The largest absolute Gasteiger partial charge is 0.493 e. The van der Waals surface area contributed by atoms with Crippen LogP contribution in [-0.2, 0) is 6.42 Å². The second-order valence-electron chi connectivity index (χ2n) is 5.12. The maximum Gasteiger partial charge on any atom is 0.343 e. The van der Waals surface area contributed by atoms with Gasteiger partial charge in [-0.1, -0.05) is 6.08 Å². The summed E-state index contributed by atoms with van der Waals surface area (Å²) < 4.78 is 28.9. The van der Waals surface area contributed by atoms with Crippen molar-refractivity contribution in [2.45, 2.75) is 6.42 Å². The molecule has 0 bridgehead atoms. The minimum atomic E-state index is -0.898. The number of nitrogens with zero attached hydrogens (tertiary/aromatic N) is 1. The fraction of sp³-hybridized carbons (Fsp3) is 0.167. The van der Waals surface area contributed by atoms with Crippen molar-refractivity contribution in [3.63, 3.8) is 0 Å². The predicted octanol–water partition coefficient (Wildman–Crippen LogP) is 3.70. The highest BCUT2D eigenvalue weighted by Crippen LogP contribution is 2.34. The van der Waals surface area contributed by atoms with E-state index in [1.165, 1.54) is 26.4 Å². The topological polar surface area (TPSA) is 87.9 Å². The summed E-state index contributed by atoms with van der Waals surface area (Å²) in [6.07, 6.45) is 2.00. The Morgan fingerprint density at radius 1 is 1.23 bits per heavy atom. The maximum atomic E-state index is 13.4. The molecule has 0 saturated heterocycles. The number of rotatable bonds is 7. The molecule has 0 aliphatic heterocycles. The molecule has 26 heavy (non-hydrogen) atoms. The summed E-state index contributed by atoms with van der Waals surface area (Å²) in [6.45, 7) is 3.64. The highest BCUT2D eigenvalue weighted by molar-refractivity contribution is 5.92. The number of hydrogen-bond acceptors (Lipinski definition) is 6. The molecule has 0 radical (unpaired) electrons. The predicted molar refractivity (Wildman–Crippen MR) is 91.5 cm³/mol. The summed E-state index contributed by atoms with van der Waals surface area (Å²) >= 11 is 0. The molecule has 2 rings (SSSR count). The number of halogens is 1. The first kappa shape index (κ1) is 18.9. The van der Waals surface area contributed by atoms with Crippen molar-refractivity contribution in [3.05, 3.63) is 70.0 Å². The summed E-state index contributed by atoms with van der Waals surface area (Å²) in [5, 5.41) is 11.0. The van der Waals surface area contributed by atoms with E-state index in [1.54, 1.807) is 6.08 Å². The van der Waals surface area contributed by atoms with E-state index in [9.17, 15) is 19.3 Å². The lowest BCUT2D eigenvalue weighted by molar-refractivity contribution is -0.385. The van der Waals surface area contributed by atoms with Crippen LogP contribution in [0.4, 0.5) is 10.1 Å². The average Bonchev–Trinajstić information content (AvgIpc) is 2.60. The number of hydrogen-bond donors (Lipinski definition) is 0. The van der Waals surface area contributed by atoms with E-state index in [1.807, 2.05) is 0 Å². The molecule has 0 aliphatic rings. The SMILES string of the molecule is C=CCc1cc(C(=O)Oc2cc(F)ccc2[N+](=O)[O-])cc(OC)c1OC. The molecule has 136 valence electrons. The number of carbonyl (C=O) groups excluding carboxylic acids is 1. The van der Waals surface area contributed by atoms with E-state index < -0.39 is 28.1 Å². The van der Waals surface area contributed by atoms with Gasteiger partial charge in [-0.3, -0.25) is 10.1 Å². The Bertz CT molecular complexity index is 865. The molecule has 0 amide bonds. The minimum Gasteiger partial charge on any atom is -0.493 e. The Morgan fingerprint density at radius 3 is 2.54 bits per heavy atom. The van der Waals surface area contributed by atoms with Crippen LogP contribution in [0.3, 0.4) is 0 Å². The summed E-state index contributed by atoms with van der Waals surface area (Å²) in [5.41, 5.74) is 0.159. The number of nitro benzene ring substituents is 1. The van der Waals surface area contributed by atoms with E-state index in [4.69, 9.17) is 14.2 Å². The van der Waals surface area contributed by atoms with Crippen LogP contribution in [0.15, 0.2) is 43.0 Å².